The highest BCUT2D eigenvalue weighted by molar-refractivity contribution is 5.67. The molecule has 0 radical (unpaired) electrons. The number of ether oxygens (including phenoxy) is 1. The summed E-state index contributed by atoms with van der Waals surface area (Å²) >= 11 is 0. The van der Waals surface area contributed by atoms with E-state index in [4.69, 9.17) is 5.73 Å². The molecule has 6 heteroatoms. The van der Waals surface area contributed by atoms with Gasteiger partial charge in [-0.2, -0.15) is 0 Å². The molecule has 0 saturated carbocycles. The monoisotopic (exact) mass is 253 g/mol. The van der Waals surface area contributed by atoms with Crippen molar-refractivity contribution < 1.29 is 13.9 Å². The standard InChI is InChI=1S/C12H16FN3O2/c1-18-12(17)15-9-4-5-16(7-9)11-3-2-8(14)6-10(11)13/h2-3,6,9H,4-5,7,14H2,1H3,(H,15,17). The normalized spacial score (nSPS) is 18.8. The number of carbonyl (C=O) groups excluding carboxylic acids is 1. The van der Waals surface area contributed by atoms with Gasteiger partial charge in [-0.1, -0.05) is 0 Å². The Hall–Kier alpha value is -1.98. The first-order valence-corrected chi connectivity index (χ1v) is 5.74. The van der Waals surface area contributed by atoms with Gasteiger partial charge < -0.3 is 20.7 Å². The van der Waals surface area contributed by atoms with Crippen LogP contribution in [0.5, 0.6) is 0 Å². The van der Waals surface area contributed by atoms with E-state index in [2.05, 4.69) is 10.1 Å². The highest BCUT2D eigenvalue weighted by Crippen LogP contribution is 2.25. The van der Waals surface area contributed by atoms with Crippen LogP contribution < -0.4 is 16.0 Å². The van der Waals surface area contributed by atoms with Gasteiger partial charge in [0, 0.05) is 18.8 Å². The smallest absolute Gasteiger partial charge is 0.407 e. The van der Waals surface area contributed by atoms with E-state index in [1.165, 1.54) is 13.2 Å². The molecule has 0 bridgehead atoms. The van der Waals surface area contributed by atoms with E-state index < -0.39 is 6.09 Å². The Kier molecular flexibility index (Phi) is 3.55. The van der Waals surface area contributed by atoms with Crippen LogP contribution in [0.25, 0.3) is 0 Å². The second-order valence-electron chi connectivity index (χ2n) is 4.28. The first-order valence-electron chi connectivity index (χ1n) is 5.74. The van der Waals surface area contributed by atoms with Gasteiger partial charge in [-0.05, 0) is 24.6 Å². The molecule has 3 N–H and O–H groups in total. The zero-order valence-electron chi connectivity index (χ0n) is 10.1. The third kappa shape index (κ3) is 2.64. The minimum atomic E-state index is -0.459. The summed E-state index contributed by atoms with van der Waals surface area (Å²) in [6.45, 7) is 1.26. The molecular formula is C12H16FN3O2. The summed E-state index contributed by atoms with van der Waals surface area (Å²) in [5.41, 5.74) is 6.42. The van der Waals surface area contributed by atoms with Crippen molar-refractivity contribution >= 4 is 17.5 Å². The van der Waals surface area contributed by atoms with Gasteiger partial charge in [-0.25, -0.2) is 9.18 Å². The van der Waals surface area contributed by atoms with Crippen LogP contribution in [-0.2, 0) is 4.74 Å². The Morgan fingerprint density at radius 3 is 3.06 bits per heavy atom. The first kappa shape index (κ1) is 12.5. The van der Waals surface area contributed by atoms with Crippen LogP contribution in [-0.4, -0.2) is 32.3 Å². The molecule has 1 aliphatic heterocycles. The Labute approximate surface area is 105 Å². The number of halogens is 1. The lowest BCUT2D eigenvalue weighted by molar-refractivity contribution is 0.167. The van der Waals surface area contributed by atoms with Crippen LogP contribution in [0.2, 0.25) is 0 Å². The van der Waals surface area contributed by atoms with Crippen molar-refractivity contribution in [2.24, 2.45) is 0 Å². The summed E-state index contributed by atoms with van der Waals surface area (Å²) in [5.74, 6) is -0.339. The maximum Gasteiger partial charge on any atom is 0.407 e. The van der Waals surface area contributed by atoms with Gasteiger partial charge in [0.2, 0.25) is 0 Å². The maximum absolute atomic E-state index is 13.7. The van der Waals surface area contributed by atoms with Crippen LogP contribution in [0.3, 0.4) is 0 Å². The number of methoxy groups -OCH3 is 1. The molecule has 2 rings (SSSR count). The fourth-order valence-corrected chi connectivity index (χ4v) is 2.10. The van der Waals surface area contributed by atoms with Crippen LogP contribution in [0.1, 0.15) is 6.42 Å². The fraction of sp³-hybridized carbons (Fsp3) is 0.417. The minimum Gasteiger partial charge on any atom is -0.453 e. The number of nitrogens with zero attached hydrogens (tertiary/aromatic N) is 1. The predicted molar refractivity (Wildman–Crippen MR) is 67.0 cm³/mol. The highest BCUT2D eigenvalue weighted by atomic mass is 19.1. The molecule has 0 aliphatic carbocycles. The number of rotatable bonds is 2. The lowest BCUT2D eigenvalue weighted by Crippen LogP contribution is -2.37. The quantitative estimate of drug-likeness (QED) is 0.780. The first-order chi connectivity index (χ1) is 8.60. The molecule has 1 aliphatic rings. The zero-order chi connectivity index (χ0) is 13.1. The van der Waals surface area contributed by atoms with E-state index in [-0.39, 0.29) is 11.9 Å². The molecule has 18 heavy (non-hydrogen) atoms. The third-order valence-electron chi connectivity index (χ3n) is 3.01. The van der Waals surface area contributed by atoms with Crippen molar-refractivity contribution in [1.29, 1.82) is 0 Å². The Bertz CT molecular complexity index is 453. The van der Waals surface area contributed by atoms with Gasteiger partial charge in [-0.15, -0.1) is 0 Å². The Morgan fingerprint density at radius 2 is 2.39 bits per heavy atom. The summed E-state index contributed by atoms with van der Waals surface area (Å²) in [4.78, 5) is 13.0. The molecule has 1 aromatic rings. The minimum absolute atomic E-state index is 0.0191. The van der Waals surface area contributed by atoms with E-state index in [0.29, 0.717) is 24.5 Å². The van der Waals surface area contributed by atoms with Gasteiger partial charge in [-0.3, -0.25) is 0 Å². The topological polar surface area (TPSA) is 67.6 Å². The van der Waals surface area contributed by atoms with Crippen LogP contribution in [0, 0.1) is 5.82 Å². The SMILES string of the molecule is COC(=O)NC1CCN(c2ccc(N)cc2F)C1. The van der Waals surface area contributed by atoms with Gasteiger partial charge in [0.25, 0.3) is 0 Å². The van der Waals surface area contributed by atoms with Crippen molar-refractivity contribution in [2.75, 3.05) is 30.8 Å². The number of amides is 1. The molecule has 5 nitrogen and oxygen atoms in total. The lowest BCUT2D eigenvalue weighted by atomic mass is 10.2. The molecule has 1 heterocycles. The number of carbonyl (C=O) groups is 1. The van der Waals surface area contributed by atoms with Gasteiger partial charge in [0.15, 0.2) is 0 Å². The maximum atomic E-state index is 13.7. The fourth-order valence-electron chi connectivity index (χ4n) is 2.10. The van der Waals surface area contributed by atoms with Crippen LogP contribution >= 0.6 is 0 Å². The Balaban J connectivity index is 2.02. The molecule has 0 spiro atoms. The lowest BCUT2D eigenvalue weighted by Gasteiger charge is -2.19. The molecule has 1 saturated heterocycles. The highest BCUT2D eigenvalue weighted by Gasteiger charge is 2.25. The second kappa shape index (κ2) is 5.12. The molecular weight excluding hydrogens is 237 g/mol. The summed E-state index contributed by atoms with van der Waals surface area (Å²) < 4.78 is 18.3. The third-order valence-corrected chi connectivity index (χ3v) is 3.01. The number of alkyl carbamates (subject to hydrolysis) is 1. The number of nitrogen functional groups attached to an aromatic ring is 1. The summed E-state index contributed by atoms with van der Waals surface area (Å²) in [5, 5.41) is 2.71. The number of hydrogen-bond acceptors (Lipinski definition) is 4. The number of nitrogens with one attached hydrogen (secondary N) is 1. The van der Waals surface area contributed by atoms with Crippen molar-refractivity contribution in [3.8, 4) is 0 Å². The largest absolute Gasteiger partial charge is 0.453 e. The molecule has 1 fully saturated rings. The second-order valence-corrected chi connectivity index (χ2v) is 4.28. The Morgan fingerprint density at radius 1 is 1.61 bits per heavy atom. The molecule has 0 aromatic heterocycles. The zero-order valence-corrected chi connectivity index (χ0v) is 10.1. The number of hydrogen-bond donors (Lipinski definition) is 2. The van der Waals surface area contributed by atoms with E-state index in [1.807, 2.05) is 4.90 Å². The van der Waals surface area contributed by atoms with Crippen LogP contribution in [0.4, 0.5) is 20.6 Å². The number of benzene rings is 1. The summed E-state index contributed by atoms with van der Waals surface area (Å²) in [7, 11) is 1.32. The molecule has 1 amide bonds. The van der Waals surface area contributed by atoms with E-state index in [0.717, 1.165) is 6.42 Å². The van der Waals surface area contributed by atoms with Crippen molar-refractivity contribution in [2.45, 2.75) is 12.5 Å². The van der Waals surface area contributed by atoms with E-state index in [9.17, 15) is 9.18 Å². The number of nitrogens with two attached hydrogens (primary N) is 1. The van der Waals surface area contributed by atoms with Crippen molar-refractivity contribution in [1.82, 2.24) is 5.32 Å². The van der Waals surface area contributed by atoms with Crippen molar-refractivity contribution in [3.05, 3.63) is 24.0 Å². The van der Waals surface area contributed by atoms with Gasteiger partial charge in [0.05, 0.1) is 18.8 Å². The summed E-state index contributed by atoms with van der Waals surface area (Å²) in [6.07, 6.45) is 0.304. The molecule has 98 valence electrons. The molecule has 1 atom stereocenters. The molecule has 1 unspecified atom stereocenters. The average molecular weight is 253 g/mol. The summed E-state index contributed by atoms with van der Waals surface area (Å²) in [6, 6.07) is 4.61. The van der Waals surface area contributed by atoms with E-state index >= 15 is 0 Å². The molecule has 1 aromatic carbocycles. The van der Waals surface area contributed by atoms with E-state index in [1.54, 1.807) is 12.1 Å². The van der Waals surface area contributed by atoms with Gasteiger partial charge in [0.1, 0.15) is 5.82 Å². The average Bonchev–Trinajstić information content (AvgIpc) is 2.77. The number of anilines is 2. The predicted octanol–water partition coefficient (Wildman–Crippen LogP) is 1.34. The van der Waals surface area contributed by atoms with Crippen LogP contribution in [0.15, 0.2) is 18.2 Å². The van der Waals surface area contributed by atoms with Crippen molar-refractivity contribution in [3.63, 3.8) is 0 Å². The van der Waals surface area contributed by atoms with Gasteiger partial charge >= 0.3 is 6.09 Å².